The Bertz CT molecular complexity index is 586. The number of ether oxygens (including phenoxy) is 1. The quantitative estimate of drug-likeness (QED) is 0.905. The van der Waals surface area contributed by atoms with Gasteiger partial charge in [-0.05, 0) is 25.5 Å². The SMILES string of the molecule is CCOc1cc(C)nc(N(C)c2ccccc2CN)n1. The molecular weight excluding hydrogens is 252 g/mol. The molecule has 0 atom stereocenters. The zero-order valence-corrected chi connectivity index (χ0v) is 12.1. The van der Waals surface area contributed by atoms with Crippen molar-refractivity contribution in [3.63, 3.8) is 0 Å². The topological polar surface area (TPSA) is 64.3 Å². The number of rotatable bonds is 5. The highest BCUT2D eigenvalue weighted by molar-refractivity contribution is 5.61. The molecule has 0 fully saturated rings. The van der Waals surface area contributed by atoms with E-state index in [-0.39, 0.29) is 0 Å². The fourth-order valence-corrected chi connectivity index (χ4v) is 2.01. The third-order valence-corrected chi connectivity index (χ3v) is 2.98. The van der Waals surface area contributed by atoms with Crippen molar-refractivity contribution in [1.29, 1.82) is 0 Å². The van der Waals surface area contributed by atoms with Crippen molar-refractivity contribution < 1.29 is 4.74 Å². The number of hydrogen-bond donors (Lipinski definition) is 1. The molecule has 1 aromatic carbocycles. The van der Waals surface area contributed by atoms with Crippen LogP contribution in [0.2, 0.25) is 0 Å². The molecule has 0 aliphatic carbocycles. The first kappa shape index (κ1) is 14.3. The van der Waals surface area contributed by atoms with Crippen molar-refractivity contribution in [2.24, 2.45) is 5.73 Å². The number of para-hydroxylation sites is 1. The Morgan fingerprint density at radius 3 is 2.70 bits per heavy atom. The van der Waals surface area contributed by atoms with Gasteiger partial charge in [-0.3, -0.25) is 0 Å². The van der Waals surface area contributed by atoms with E-state index >= 15 is 0 Å². The van der Waals surface area contributed by atoms with E-state index in [9.17, 15) is 0 Å². The molecule has 0 amide bonds. The summed E-state index contributed by atoms with van der Waals surface area (Å²) in [5.74, 6) is 1.20. The Morgan fingerprint density at radius 2 is 2.00 bits per heavy atom. The van der Waals surface area contributed by atoms with Gasteiger partial charge in [0, 0.05) is 31.0 Å². The summed E-state index contributed by atoms with van der Waals surface area (Å²) in [4.78, 5) is 10.8. The van der Waals surface area contributed by atoms with Crippen molar-refractivity contribution in [3.8, 4) is 5.88 Å². The fourth-order valence-electron chi connectivity index (χ4n) is 2.01. The molecule has 0 spiro atoms. The largest absolute Gasteiger partial charge is 0.478 e. The van der Waals surface area contributed by atoms with Crippen LogP contribution in [0, 0.1) is 6.92 Å². The van der Waals surface area contributed by atoms with Gasteiger partial charge >= 0.3 is 0 Å². The van der Waals surface area contributed by atoms with E-state index in [0.29, 0.717) is 25.0 Å². The van der Waals surface area contributed by atoms with Crippen molar-refractivity contribution >= 4 is 11.6 Å². The highest BCUT2D eigenvalue weighted by Crippen LogP contribution is 2.25. The lowest BCUT2D eigenvalue weighted by Crippen LogP contribution is -2.17. The summed E-state index contributed by atoms with van der Waals surface area (Å²) in [6, 6.07) is 9.79. The lowest BCUT2D eigenvalue weighted by atomic mass is 10.1. The molecule has 2 rings (SSSR count). The van der Waals surface area contributed by atoms with Gasteiger partial charge in [-0.25, -0.2) is 4.98 Å². The van der Waals surface area contributed by atoms with E-state index in [4.69, 9.17) is 10.5 Å². The molecule has 0 saturated heterocycles. The van der Waals surface area contributed by atoms with Gasteiger partial charge in [0.2, 0.25) is 11.8 Å². The second-order valence-corrected chi connectivity index (χ2v) is 4.47. The Morgan fingerprint density at radius 1 is 1.25 bits per heavy atom. The standard InChI is InChI=1S/C15H20N4O/c1-4-20-14-9-11(2)17-15(18-14)19(3)13-8-6-5-7-12(13)10-16/h5-9H,4,10,16H2,1-3H3. The predicted molar refractivity (Wildman–Crippen MR) is 80.3 cm³/mol. The number of hydrogen-bond acceptors (Lipinski definition) is 5. The average Bonchev–Trinajstić information content (AvgIpc) is 2.46. The van der Waals surface area contributed by atoms with Crippen LogP contribution in [0.3, 0.4) is 0 Å². The van der Waals surface area contributed by atoms with Gasteiger partial charge in [0.25, 0.3) is 0 Å². The molecule has 0 bridgehead atoms. The smallest absolute Gasteiger partial charge is 0.233 e. The maximum atomic E-state index is 5.78. The number of aryl methyl sites for hydroxylation is 1. The lowest BCUT2D eigenvalue weighted by molar-refractivity contribution is 0.326. The summed E-state index contributed by atoms with van der Waals surface area (Å²) in [7, 11) is 1.93. The molecule has 20 heavy (non-hydrogen) atoms. The maximum absolute atomic E-state index is 5.78. The van der Waals surface area contributed by atoms with Gasteiger partial charge in [-0.1, -0.05) is 18.2 Å². The molecule has 106 valence electrons. The molecule has 2 N–H and O–H groups in total. The zero-order valence-electron chi connectivity index (χ0n) is 12.1. The van der Waals surface area contributed by atoms with E-state index in [1.807, 2.05) is 56.1 Å². The molecule has 0 aliphatic rings. The minimum Gasteiger partial charge on any atom is -0.478 e. The monoisotopic (exact) mass is 272 g/mol. The normalized spacial score (nSPS) is 10.4. The third kappa shape index (κ3) is 3.05. The number of aromatic nitrogens is 2. The number of benzene rings is 1. The molecule has 0 unspecified atom stereocenters. The van der Waals surface area contributed by atoms with Crippen molar-refractivity contribution in [1.82, 2.24) is 9.97 Å². The van der Waals surface area contributed by atoms with Gasteiger partial charge < -0.3 is 15.4 Å². The first-order valence-electron chi connectivity index (χ1n) is 6.66. The summed E-state index contributed by atoms with van der Waals surface area (Å²) in [5, 5.41) is 0. The summed E-state index contributed by atoms with van der Waals surface area (Å²) >= 11 is 0. The summed E-state index contributed by atoms with van der Waals surface area (Å²) in [6.07, 6.45) is 0. The Kier molecular flexibility index (Phi) is 4.53. The van der Waals surface area contributed by atoms with Gasteiger partial charge in [-0.2, -0.15) is 4.98 Å². The van der Waals surface area contributed by atoms with E-state index < -0.39 is 0 Å². The Hall–Kier alpha value is -2.14. The second kappa shape index (κ2) is 6.34. The van der Waals surface area contributed by atoms with E-state index in [0.717, 1.165) is 16.9 Å². The highest BCUT2D eigenvalue weighted by atomic mass is 16.5. The third-order valence-electron chi connectivity index (χ3n) is 2.98. The minimum atomic E-state index is 0.477. The van der Waals surface area contributed by atoms with Crippen LogP contribution in [0.25, 0.3) is 0 Å². The first-order valence-corrected chi connectivity index (χ1v) is 6.66. The van der Waals surface area contributed by atoms with Crippen LogP contribution < -0.4 is 15.4 Å². The van der Waals surface area contributed by atoms with Gasteiger partial charge in [0.05, 0.1) is 6.61 Å². The van der Waals surface area contributed by atoms with E-state index in [2.05, 4.69) is 9.97 Å². The molecule has 5 heteroatoms. The lowest BCUT2D eigenvalue weighted by Gasteiger charge is -2.21. The maximum Gasteiger partial charge on any atom is 0.233 e. The Labute approximate surface area is 119 Å². The van der Waals surface area contributed by atoms with Crippen LogP contribution in [0.1, 0.15) is 18.2 Å². The van der Waals surface area contributed by atoms with E-state index in [1.54, 1.807) is 0 Å². The molecule has 1 aromatic heterocycles. The van der Waals surface area contributed by atoms with Crippen LogP contribution in [0.15, 0.2) is 30.3 Å². The minimum absolute atomic E-state index is 0.477. The van der Waals surface area contributed by atoms with Crippen LogP contribution in [-0.2, 0) is 6.54 Å². The fraction of sp³-hybridized carbons (Fsp3) is 0.333. The first-order chi connectivity index (χ1) is 9.65. The van der Waals surface area contributed by atoms with Gasteiger partial charge in [0.1, 0.15) is 0 Å². The van der Waals surface area contributed by atoms with Crippen molar-refractivity contribution in [3.05, 3.63) is 41.6 Å². The van der Waals surface area contributed by atoms with Crippen molar-refractivity contribution in [2.75, 3.05) is 18.6 Å². The van der Waals surface area contributed by atoms with Gasteiger partial charge in [-0.15, -0.1) is 0 Å². The summed E-state index contributed by atoms with van der Waals surface area (Å²) in [6.45, 7) is 4.92. The number of nitrogens with two attached hydrogens (primary N) is 1. The van der Waals surface area contributed by atoms with Crippen LogP contribution in [0.4, 0.5) is 11.6 Å². The molecule has 2 aromatic rings. The predicted octanol–water partition coefficient (Wildman–Crippen LogP) is 2.41. The number of nitrogens with zero attached hydrogens (tertiary/aromatic N) is 3. The van der Waals surface area contributed by atoms with Crippen LogP contribution in [0.5, 0.6) is 5.88 Å². The summed E-state index contributed by atoms with van der Waals surface area (Å²) < 4.78 is 5.47. The molecule has 0 radical (unpaired) electrons. The van der Waals surface area contributed by atoms with E-state index in [1.165, 1.54) is 0 Å². The molecule has 5 nitrogen and oxygen atoms in total. The Balaban J connectivity index is 2.39. The molecule has 1 heterocycles. The second-order valence-electron chi connectivity index (χ2n) is 4.47. The van der Waals surface area contributed by atoms with Crippen molar-refractivity contribution in [2.45, 2.75) is 20.4 Å². The zero-order chi connectivity index (χ0) is 14.5. The molecule has 0 saturated carbocycles. The molecule has 0 aliphatic heterocycles. The average molecular weight is 272 g/mol. The van der Waals surface area contributed by atoms with Crippen LogP contribution >= 0.6 is 0 Å². The highest BCUT2D eigenvalue weighted by Gasteiger charge is 2.12. The van der Waals surface area contributed by atoms with Gasteiger partial charge in [0.15, 0.2) is 0 Å². The van der Waals surface area contributed by atoms with Crippen LogP contribution in [-0.4, -0.2) is 23.6 Å². The summed E-state index contributed by atoms with van der Waals surface area (Å²) in [5.41, 5.74) is 8.71. The molecular formula is C15H20N4O. The number of anilines is 2.